The number of nitrogens with one attached hydrogen (secondary N) is 3. The van der Waals surface area contributed by atoms with Crippen LogP contribution in [0.1, 0.15) is 6.92 Å². The second kappa shape index (κ2) is 11.6. The molecule has 0 saturated heterocycles. The molecule has 0 radical (unpaired) electrons. The van der Waals surface area contributed by atoms with Gasteiger partial charge in [-0.1, -0.05) is 0 Å². The Balaban J connectivity index is 1.36. The summed E-state index contributed by atoms with van der Waals surface area (Å²) in [6.45, 7) is 1.54. The lowest BCUT2D eigenvalue weighted by Crippen LogP contribution is -2.29. The quantitative estimate of drug-likeness (QED) is 0.141. The second-order valence-electron chi connectivity index (χ2n) is 8.72. The molecule has 0 bridgehead atoms. The SMILES string of the molecule is CN/C(C)=C(\C(=O)Nc1ccc(F)cc1)C(=O)Nc1ccc(Oc2ccnn3ccc(-c4cnccn4)c23)c(F)c1. The molecule has 0 aliphatic heterocycles. The fourth-order valence-electron chi connectivity index (χ4n) is 4.01. The molecule has 10 nitrogen and oxygen atoms in total. The molecule has 0 spiro atoms. The van der Waals surface area contributed by atoms with Crippen molar-refractivity contribution >= 4 is 28.7 Å². The molecule has 0 unspecified atom stereocenters. The Morgan fingerprint density at radius 2 is 1.61 bits per heavy atom. The molecule has 206 valence electrons. The summed E-state index contributed by atoms with van der Waals surface area (Å²) in [6.07, 6.45) is 7.97. The molecule has 0 atom stereocenters. The zero-order valence-electron chi connectivity index (χ0n) is 21.9. The molecular formula is C29H23F2N7O3. The molecule has 2 aromatic carbocycles. The van der Waals surface area contributed by atoms with Crippen LogP contribution >= 0.6 is 0 Å². The number of fused-ring (bicyclic) bond motifs is 1. The van der Waals surface area contributed by atoms with Gasteiger partial charge in [-0.25, -0.2) is 13.3 Å². The van der Waals surface area contributed by atoms with Gasteiger partial charge in [0, 0.05) is 60.4 Å². The summed E-state index contributed by atoms with van der Waals surface area (Å²) < 4.78 is 35.9. The Morgan fingerprint density at radius 1 is 0.878 bits per heavy atom. The number of hydrogen-bond acceptors (Lipinski definition) is 7. The van der Waals surface area contributed by atoms with Crippen LogP contribution < -0.4 is 20.7 Å². The van der Waals surface area contributed by atoms with E-state index < -0.39 is 23.4 Å². The molecule has 5 aromatic rings. The third kappa shape index (κ3) is 5.86. The van der Waals surface area contributed by atoms with Crippen LogP contribution in [0.25, 0.3) is 16.8 Å². The van der Waals surface area contributed by atoms with E-state index in [-0.39, 0.29) is 22.7 Å². The molecule has 3 aromatic heterocycles. The van der Waals surface area contributed by atoms with Gasteiger partial charge in [-0.2, -0.15) is 5.10 Å². The number of allylic oxidation sites excluding steroid dienone is 1. The van der Waals surface area contributed by atoms with E-state index in [0.717, 1.165) is 6.07 Å². The second-order valence-corrected chi connectivity index (χ2v) is 8.72. The van der Waals surface area contributed by atoms with Gasteiger partial charge in [0.05, 0.1) is 18.1 Å². The summed E-state index contributed by atoms with van der Waals surface area (Å²) in [5, 5.41) is 12.1. The number of rotatable bonds is 8. The lowest BCUT2D eigenvalue weighted by Gasteiger charge is -2.14. The van der Waals surface area contributed by atoms with Crippen molar-refractivity contribution < 1.29 is 23.1 Å². The normalized spacial score (nSPS) is 11.5. The molecular weight excluding hydrogens is 532 g/mol. The van der Waals surface area contributed by atoms with E-state index in [4.69, 9.17) is 4.74 Å². The minimum absolute atomic E-state index is 0.0960. The van der Waals surface area contributed by atoms with E-state index in [9.17, 15) is 14.0 Å². The predicted octanol–water partition coefficient (Wildman–Crippen LogP) is 4.93. The fourth-order valence-corrected chi connectivity index (χ4v) is 4.01. The Bertz CT molecular complexity index is 1770. The number of amides is 2. The van der Waals surface area contributed by atoms with Crippen molar-refractivity contribution in [2.45, 2.75) is 6.92 Å². The minimum atomic E-state index is -0.776. The maximum atomic E-state index is 15.2. The maximum Gasteiger partial charge on any atom is 0.263 e. The van der Waals surface area contributed by atoms with Crippen LogP contribution in [-0.2, 0) is 9.59 Å². The Hall–Kier alpha value is -5.65. The van der Waals surface area contributed by atoms with Gasteiger partial charge in [0.2, 0.25) is 0 Å². The number of halogens is 2. The van der Waals surface area contributed by atoms with Crippen molar-refractivity contribution in [1.82, 2.24) is 24.9 Å². The van der Waals surface area contributed by atoms with Crippen LogP contribution in [0, 0.1) is 11.6 Å². The monoisotopic (exact) mass is 555 g/mol. The van der Waals surface area contributed by atoms with Gasteiger partial charge < -0.3 is 20.7 Å². The highest BCUT2D eigenvalue weighted by Gasteiger charge is 2.22. The third-order valence-electron chi connectivity index (χ3n) is 6.07. The van der Waals surface area contributed by atoms with E-state index in [0.29, 0.717) is 28.2 Å². The number of carbonyl (C=O) groups excluding carboxylic acids is 2. The smallest absolute Gasteiger partial charge is 0.263 e. The van der Waals surface area contributed by atoms with Crippen molar-refractivity contribution in [2.24, 2.45) is 0 Å². The predicted molar refractivity (Wildman–Crippen MR) is 148 cm³/mol. The van der Waals surface area contributed by atoms with E-state index in [2.05, 4.69) is 31.0 Å². The summed E-state index contributed by atoms with van der Waals surface area (Å²) >= 11 is 0. The molecule has 3 N–H and O–H groups in total. The van der Waals surface area contributed by atoms with Gasteiger partial charge in [0.25, 0.3) is 11.8 Å². The van der Waals surface area contributed by atoms with E-state index in [1.54, 1.807) is 55.4 Å². The van der Waals surface area contributed by atoms with E-state index in [1.807, 2.05) is 0 Å². The summed E-state index contributed by atoms with van der Waals surface area (Å²) in [5.74, 6) is -2.49. The average Bonchev–Trinajstić information content (AvgIpc) is 3.41. The summed E-state index contributed by atoms with van der Waals surface area (Å²) in [4.78, 5) is 34.4. The molecule has 5 rings (SSSR count). The van der Waals surface area contributed by atoms with Crippen molar-refractivity contribution in [3.05, 3.63) is 108 Å². The number of nitrogens with zero attached hydrogens (tertiary/aromatic N) is 4. The lowest BCUT2D eigenvalue weighted by molar-refractivity contribution is -0.118. The van der Waals surface area contributed by atoms with Crippen molar-refractivity contribution in [1.29, 1.82) is 0 Å². The van der Waals surface area contributed by atoms with Crippen LogP contribution in [0.15, 0.2) is 96.9 Å². The average molecular weight is 556 g/mol. The number of benzene rings is 2. The number of ether oxygens (including phenoxy) is 1. The van der Waals surface area contributed by atoms with Crippen LogP contribution in [-0.4, -0.2) is 38.4 Å². The summed E-state index contributed by atoms with van der Waals surface area (Å²) in [5.41, 5.74) is 2.29. The van der Waals surface area contributed by atoms with Crippen molar-refractivity contribution in [3.8, 4) is 22.8 Å². The van der Waals surface area contributed by atoms with Gasteiger partial charge in [0.1, 0.15) is 16.9 Å². The number of aromatic nitrogens is 4. The fraction of sp³-hybridized carbons (Fsp3) is 0.0690. The van der Waals surface area contributed by atoms with Gasteiger partial charge in [0.15, 0.2) is 17.3 Å². The first-order valence-electron chi connectivity index (χ1n) is 12.3. The molecule has 41 heavy (non-hydrogen) atoms. The van der Waals surface area contributed by atoms with E-state index in [1.165, 1.54) is 42.6 Å². The highest BCUT2D eigenvalue weighted by atomic mass is 19.1. The van der Waals surface area contributed by atoms with Crippen molar-refractivity contribution in [3.63, 3.8) is 0 Å². The molecule has 0 fully saturated rings. The summed E-state index contributed by atoms with van der Waals surface area (Å²) in [6, 6.07) is 12.4. The van der Waals surface area contributed by atoms with Crippen LogP contribution in [0.3, 0.4) is 0 Å². The zero-order chi connectivity index (χ0) is 28.9. The van der Waals surface area contributed by atoms with Crippen LogP contribution in [0.5, 0.6) is 11.5 Å². The van der Waals surface area contributed by atoms with Gasteiger partial charge in [-0.15, -0.1) is 0 Å². The first kappa shape index (κ1) is 26.9. The van der Waals surface area contributed by atoms with Gasteiger partial charge >= 0.3 is 0 Å². The lowest BCUT2D eigenvalue weighted by atomic mass is 10.1. The Morgan fingerprint density at radius 3 is 2.29 bits per heavy atom. The Labute approximate surface area is 232 Å². The molecule has 3 heterocycles. The first-order valence-corrected chi connectivity index (χ1v) is 12.3. The standard InChI is InChI=1S/C29H23F2N7O3/c1-17(32-2)26(28(39)36-19-5-3-18(30)4-6-19)29(40)37-20-7-8-24(22(31)15-20)41-25-9-11-35-38-14-10-21(27(25)38)23-16-33-12-13-34-23/h3-16,32H,1-2H3,(H,36,39)(H,37,40)/b26-17+. The molecule has 12 heteroatoms. The molecule has 0 aliphatic rings. The zero-order valence-corrected chi connectivity index (χ0v) is 21.9. The topological polar surface area (TPSA) is 123 Å². The third-order valence-corrected chi connectivity index (χ3v) is 6.07. The highest BCUT2D eigenvalue weighted by Crippen LogP contribution is 2.34. The molecule has 0 aliphatic carbocycles. The number of carbonyl (C=O) groups is 2. The van der Waals surface area contributed by atoms with Gasteiger partial charge in [-0.05, 0) is 49.4 Å². The first-order chi connectivity index (χ1) is 19.8. The van der Waals surface area contributed by atoms with Crippen LogP contribution in [0.4, 0.5) is 20.2 Å². The Kier molecular flexibility index (Phi) is 7.63. The maximum absolute atomic E-state index is 15.2. The largest absolute Gasteiger partial charge is 0.452 e. The summed E-state index contributed by atoms with van der Waals surface area (Å²) in [7, 11) is 1.55. The van der Waals surface area contributed by atoms with Crippen LogP contribution in [0.2, 0.25) is 0 Å². The van der Waals surface area contributed by atoms with Crippen molar-refractivity contribution in [2.75, 3.05) is 17.7 Å². The number of hydrogen-bond donors (Lipinski definition) is 3. The van der Waals surface area contributed by atoms with Gasteiger partial charge in [-0.3, -0.25) is 19.6 Å². The highest BCUT2D eigenvalue weighted by molar-refractivity contribution is 6.26. The molecule has 0 saturated carbocycles. The number of anilines is 2. The molecule has 2 amide bonds. The minimum Gasteiger partial charge on any atom is -0.452 e. The van der Waals surface area contributed by atoms with E-state index >= 15 is 4.39 Å².